The van der Waals surface area contributed by atoms with E-state index < -0.39 is 0 Å². The number of nitrogens with one attached hydrogen (secondary N) is 1. The van der Waals surface area contributed by atoms with Gasteiger partial charge in [-0.25, -0.2) is 0 Å². The normalized spacial score (nSPS) is 30.7. The highest BCUT2D eigenvalue weighted by Crippen LogP contribution is 2.31. The molecule has 0 aliphatic carbocycles. The number of rotatable bonds is 5. The molecule has 3 fully saturated rings. The van der Waals surface area contributed by atoms with Gasteiger partial charge in [0.25, 0.3) is 0 Å². The second-order valence-corrected chi connectivity index (χ2v) is 8.94. The average molecular weight is 497 g/mol. The molecule has 0 amide bonds. The van der Waals surface area contributed by atoms with Crippen molar-refractivity contribution < 1.29 is 4.74 Å². The highest BCUT2D eigenvalue weighted by Gasteiger charge is 2.37. The minimum atomic E-state index is 0. The van der Waals surface area contributed by atoms with E-state index in [4.69, 9.17) is 4.74 Å². The quantitative estimate of drug-likeness (QED) is 0.351. The van der Waals surface area contributed by atoms with E-state index in [1.54, 1.807) is 0 Å². The molecule has 0 bridgehead atoms. The summed E-state index contributed by atoms with van der Waals surface area (Å²) in [7, 11) is 6.33. The van der Waals surface area contributed by atoms with Crippen LogP contribution in [-0.4, -0.2) is 111 Å². The Morgan fingerprint density at radius 3 is 2.62 bits per heavy atom. The van der Waals surface area contributed by atoms with E-state index in [0.717, 1.165) is 57.8 Å². The van der Waals surface area contributed by atoms with Crippen molar-refractivity contribution in [3.8, 4) is 0 Å². The van der Waals surface area contributed by atoms with Crippen LogP contribution < -0.4 is 5.32 Å². The predicted octanol–water partition coefficient (Wildman–Crippen LogP) is 1.27. The van der Waals surface area contributed by atoms with Crippen LogP contribution in [0.3, 0.4) is 0 Å². The average Bonchev–Trinajstić information content (AvgIpc) is 3.29. The number of likely N-dealkylation sites (N-methyl/N-ethyl adjacent to an activating group) is 1. The van der Waals surface area contributed by atoms with Crippen LogP contribution >= 0.6 is 35.7 Å². The first-order valence-corrected chi connectivity index (χ1v) is 10.8. The first-order valence-electron chi connectivity index (χ1n) is 9.64. The van der Waals surface area contributed by atoms with Gasteiger partial charge in [-0.1, -0.05) is 0 Å². The van der Waals surface area contributed by atoms with E-state index in [0.29, 0.717) is 0 Å². The number of guanidine groups is 1. The van der Waals surface area contributed by atoms with Gasteiger partial charge in [0, 0.05) is 64.2 Å². The zero-order valence-corrected chi connectivity index (χ0v) is 19.7. The third kappa shape index (κ3) is 5.62. The van der Waals surface area contributed by atoms with E-state index in [-0.39, 0.29) is 29.5 Å². The molecule has 3 aliphatic heterocycles. The molecule has 0 radical (unpaired) electrons. The smallest absolute Gasteiger partial charge is 0.193 e. The van der Waals surface area contributed by atoms with E-state index in [1.807, 2.05) is 7.05 Å². The molecule has 0 spiro atoms. The van der Waals surface area contributed by atoms with Gasteiger partial charge in [0.1, 0.15) is 0 Å². The number of ether oxygens (including phenoxy) is 1. The fourth-order valence-corrected chi connectivity index (χ4v) is 5.61. The molecule has 3 rings (SSSR count). The van der Waals surface area contributed by atoms with E-state index in [9.17, 15) is 0 Å². The number of nitrogens with zero attached hydrogens (tertiary/aromatic N) is 4. The van der Waals surface area contributed by atoms with Crippen molar-refractivity contribution in [2.45, 2.75) is 18.4 Å². The Morgan fingerprint density at radius 2 is 2.08 bits per heavy atom. The van der Waals surface area contributed by atoms with Gasteiger partial charge in [-0.15, -0.1) is 24.0 Å². The molecule has 8 heteroatoms. The van der Waals surface area contributed by atoms with Gasteiger partial charge in [-0.3, -0.25) is 9.89 Å². The number of piperazine rings is 1. The summed E-state index contributed by atoms with van der Waals surface area (Å²) in [6.45, 7) is 8.48. The van der Waals surface area contributed by atoms with Gasteiger partial charge in [0.15, 0.2) is 5.96 Å². The summed E-state index contributed by atoms with van der Waals surface area (Å²) < 4.78 is 5.51. The van der Waals surface area contributed by atoms with Crippen LogP contribution in [0, 0.1) is 5.92 Å². The van der Waals surface area contributed by atoms with E-state index >= 15 is 0 Å². The molecule has 3 saturated heterocycles. The summed E-state index contributed by atoms with van der Waals surface area (Å²) >= 11 is 2.07. The fourth-order valence-electron chi connectivity index (χ4n) is 4.06. The Hall–Kier alpha value is 0.230. The highest BCUT2D eigenvalue weighted by molar-refractivity contribution is 14.0. The number of thioether (sulfide) groups is 1. The summed E-state index contributed by atoms with van der Waals surface area (Å²) in [5.74, 6) is 4.29. The third-order valence-electron chi connectivity index (χ3n) is 6.03. The second kappa shape index (κ2) is 10.7. The molecular weight excluding hydrogens is 461 g/mol. The molecule has 0 aromatic carbocycles. The first-order chi connectivity index (χ1) is 12.1. The highest BCUT2D eigenvalue weighted by atomic mass is 127. The molecule has 0 aromatic rings. The SMILES string of the molecule is CN=C(NCC1(N(C)C)CCSC1)N1CCN(CC2CCOC2)CC1.I. The molecule has 0 aromatic heterocycles. The maximum Gasteiger partial charge on any atom is 0.193 e. The molecule has 2 unspecified atom stereocenters. The summed E-state index contributed by atoms with van der Waals surface area (Å²) in [6.07, 6.45) is 2.49. The lowest BCUT2D eigenvalue weighted by molar-refractivity contribution is 0.137. The summed E-state index contributed by atoms with van der Waals surface area (Å²) in [5, 5.41) is 3.67. The zero-order valence-electron chi connectivity index (χ0n) is 16.6. The largest absolute Gasteiger partial charge is 0.381 e. The lowest BCUT2D eigenvalue weighted by atomic mass is 9.97. The number of halogens is 1. The topological polar surface area (TPSA) is 43.3 Å². The van der Waals surface area contributed by atoms with Crippen LogP contribution in [0.15, 0.2) is 4.99 Å². The molecule has 3 aliphatic rings. The number of hydrogen-bond donors (Lipinski definition) is 1. The Balaban J connectivity index is 0.00000243. The van der Waals surface area contributed by atoms with Gasteiger partial charge in [0.2, 0.25) is 0 Å². The first kappa shape index (κ1) is 22.5. The lowest BCUT2D eigenvalue weighted by Gasteiger charge is -2.40. The van der Waals surface area contributed by atoms with Crippen molar-refractivity contribution >= 4 is 41.7 Å². The van der Waals surface area contributed by atoms with Crippen LogP contribution in [0.2, 0.25) is 0 Å². The Kier molecular flexibility index (Phi) is 9.26. The van der Waals surface area contributed by atoms with Crippen molar-refractivity contribution in [2.75, 3.05) is 85.1 Å². The molecule has 1 N–H and O–H groups in total. The molecular formula is C18H36IN5OS. The summed E-state index contributed by atoms with van der Waals surface area (Å²) in [5.41, 5.74) is 0.269. The molecule has 26 heavy (non-hydrogen) atoms. The van der Waals surface area contributed by atoms with Gasteiger partial charge in [-0.2, -0.15) is 11.8 Å². The van der Waals surface area contributed by atoms with Crippen LogP contribution in [0.5, 0.6) is 0 Å². The van der Waals surface area contributed by atoms with Crippen molar-refractivity contribution in [1.29, 1.82) is 0 Å². The van der Waals surface area contributed by atoms with Crippen LogP contribution in [0.1, 0.15) is 12.8 Å². The Morgan fingerprint density at radius 1 is 1.31 bits per heavy atom. The number of aliphatic imine (C=N–C) groups is 1. The molecule has 3 heterocycles. The van der Waals surface area contributed by atoms with Gasteiger partial charge in [0.05, 0.1) is 6.61 Å². The molecule has 6 nitrogen and oxygen atoms in total. The maximum atomic E-state index is 5.51. The summed E-state index contributed by atoms with van der Waals surface area (Å²) in [4.78, 5) is 12.0. The van der Waals surface area contributed by atoms with E-state index in [2.05, 4.69) is 50.9 Å². The van der Waals surface area contributed by atoms with Crippen LogP contribution in [0.4, 0.5) is 0 Å². The molecule has 0 saturated carbocycles. The predicted molar refractivity (Wildman–Crippen MR) is 122 cm³/mol. The third-order valence-corrected chi connectivity index (χ3v) is 7.27. The van der Waals surface area contributed by atoms with Crippen LogP contribution in [0.25, 0.3) is 0 Å². The zero-order chi connectivity index (χ0) is 17.7. The minimum absolute atomic E-state index is 0. The van der Waals surface area contributed by atoms with Crippen molar-refractivity contribution in [2.24, 2.45) is 10.9 Å². The number of hydrogen-bond acceptors (Lipinski definition) is 5. The van der Waals surface area contributed by atoms with Crippen molar-refractivity contribution in [1.82, 2.24) is 20.0 Å². The Bertz CT molecular complexity index is 445. The second-order valence-electron chi connectivity index (χ2n) is 7.84. The van der Waals surface area contributed by atoms with Crippen molar-refractivity contribution in [3.63, 3.8) is 0 Å². The standard InChI is InChI=1S/C18H35N5OS.HI/c1-19-17(20-14-18(21(2)3)5-11-25-15-18)23-8-6-22(7-9-23)12-16-4-10-24-13-16;/h16H,4-15H2,1-3H3,(H,19,20);1H. The monoisotopic (exact) mass is 497 g/mol. The lowest BCUT2D eigenvalue weighted by Crippen LogP contribution is -2.58. The maximum absolute atomic E-state index is 5.51. The minimum Gasteiger partial charge on any atom is -0.381 e. The fraction of sp³-hybridized carbons (Fsp3) is 0.944. The molecule has 152 valence electrons. The Labute approximate surface area is 180 Å². The summed E-state index contributed by atoms with van der Waals surface area (Å²) in [6, 6.07) is 0. The van der Waals surface area contributed by atoms with Crippen LogP contribution in [-0.2, 0) is 4.74 Å². The van der Waals surface area contributed by atoms with Gasteiger partial charge >= 0.3 is 0 Å². The molecule has 2 atom stereocenters. The van der Waals surface area contributed by atoms with Gasteiger partial charge in [-0.05, 0) is 38.6 Å². The van der Waals surface area contributed by atoms with Gasteiger partial charge < -0.3 is 19.9 Å². The van der Waals surface area contributed by atoms with Crippen molar-refractivity contribution in [3.05, 3.63) is 0 Å². The van der Waals surface area contributed by atoms with E-state index in [1.165, 1.54) is 30.9 Å².